The molecule has 0 saturated carbocycles. The summed E-state index contributed by atoms with van der Waals surface area (Å²) in [6.07, 6.45) is 3.38. The van der Waals surface area contributed by atoms with Crippen LogP contribution in [-0.2, 0) is 0 Å². The van der Waals surface area contributed by atoms with E-state index in [9.17, 15) is 0 Å². The lowest BCUT2D eigenvalue weighted by Gasteiger charge is -2.23. The number of benzene rings is 1. The highest BCUT2D eigenvalue weighted by molar-refractivity contribution is 9.10. The summed E-state index contributed by atoms with van der Waals surface area (Å²) in [5.74, 6) is 7.26. The number of nitrogens with one attached hydrogen (secondary N) is 1. The van der Waals surface area contributed by atoms with E-state index in [1.54, 1.807) is 7.11 Å². The number of rotatable bonds is 7. The van der Waals surface area contributed by atoms with E-state index in [0.29, 0.717) is 5.92 Å². The van der Waals surface area contributed by atoms with Gasteiger partial charge in [-0.1, -0.05) is 48.7 Å². The van der Waals surface area contributed by atoms with Crippen LogP contribution in [0.15, 0.2) is 22.7 Å². The molecule has 1 aromatic carbocycles. The van der Waals surface area contributed by atoms with Crippen molar-refractivity contribution in [2.24, 2.45) is 11.8 Å². The standard InChI is InChI=1S/C14H23BrN2O/c1-4-10(5-2)8-13(17-16)12-7-6-11(15)9-14(12)18-3/h6-7,9-10,13,17H,4-5,8,16H2,1-3H3. The lowest BCUT2D eigenvalue weighted by molar-refractivity contribution is 0.355. The first-order valence-corrected chi connectivity index (χ1v) is 7.25. The third kappa shape index (κ3) is 3.97. The molecule has 4 heteroatoms. The summed E-state index contributed by atoms with van der Waals surface area (Å²) in [7, 11) is 1.69. The maximum atomic E-state index is 5.71. The van der Waals surface area contributed by atoms with E-state index in [2.05, 4.69) is 41.3 Å². The Labute approximate surface area is 118 Å². The van der Waals surface area contributed by atoms with Crippen molar-refractivity contribution in [2.45, 2.75) is 39.2 Å². The molecule has 1 unspecified atom stereocenters. The Bertz CT molecular complexity index is 367. The van der Waals surface area contributed by atoms with Gasteiger partial charge in [-0.2, -0.15) is 0 Å². The first-order chi connectivity index (χ1) is 8.65. The fourth-order valence-corrected chi connectivity index (χ4v) is 2.55. The predicted octanol–water partition coefficient (Wildman–Crippen LogP) is 3.79. The Morgan fingerprint density at radius 3 is 2.50 bits per heavy atom. The number of hydrogen-bond acceptors (Lipinski definition) is 3. The summed E-state index contributed by atoms with van der Waals surface area (Å²) in [4.78, 5) is 0. The van der Waals surface area contributed by atoms with Crippen LogP contribution >= 0.6 is 15.9 Å². The van der Waals surface area contributed by atoms with Crippen LogP contribution in [0.3, 0.4) is 0 Å². The van der Waals surface area contributed by atoms with Gasteiger partial charge in [-0.25, -0.2) is 0 Å². The zero-order valence-corrected chi connectivity index (χ0v) is 13.0. The molecule has 0 aliphatic carbocycles. The van der Waals surface area contributed by atoms with Gasteiger partial charge in [0.15, 0.2) is 0 Å². The second kappa shape index (κ2) is 7.77. The first kappa shape index (κ1) is 15.5. The van der Waals surface area contributed by atoms with Gasteiger partial charge in [-0.15, -0.1) is 0 Å². The van der Waals surface area contributed by atoms with Gasteiger partial charge in [-0.05, 0) is 24.5 Å². The molecular weight excluding hydrogens is 292 g/mol. The molecule has 0 aromatic heterocycles. The number of halogens is 1. The molecule has 0 aliphatic rings. The Kier molecular flexibility index (Phi) is 6.68. The molecule has 3 nitrogen and oxygen atoms in total. The van der Waals surface area contributed by atoms with Gasteiger partial charge in [0.05, 0.1) is 7.11 Å². The summed E-state index contributed by atoms with van der Waals surface area (Å²) in [6, 6.07) is 6.20. The molecule has 0 saturated heterocycles. The fraction of sp³-hybridized carbons (Fsp3) is 0.571. The van der Waals surface area contributed by atoms with Gasteiger partial charge < -0.3 is 4.74 Å². The van der Waals surface area contributed by atoms with E-state index in [4.69, 9.17) is 10.6 Å². The van der Waals surface area contributed by atoms with Crippen LogP contribution in [0.25, 0.3) is 0 Å². The molecule has 0 aliphatic heterocycles. The van der Waals surface area contributed by atoms with Crippen LogP contribution in [0.5, 0.6) is 5.75 Å². The summed E-state index contributed by atoms with van der Waals surface area (Å²) >= 11 is 3.45. The molecule has 0 heterocycles. The molecule has 0 spiro atoms. The van der Waals surface area contributed by atoms with Gasteiger partial charge >= 0.3 is 0 Å². The number of hydrogen-bond donors (Lipinski definition) is 2. The van der Waals surface area contributed by atoms with Crippen molar-refractivity contribution in [3.8, 4) is 5.75 Å². The van der Waals surface area contributed by atoms with E-state index >= 15 is 0 Å². The molecular formula is C14H23BrN2O. The monoisotopic (exact) mass is 314 g/mol. The Morgan fingerprint density at radius 1 is 1.33 bits per heavy atom. The third-order valence-electron chi connectivity index (χ3n) is 3.50. The highest BCUT2D eigenvalue weighted by Gasteiger charge is 2.18. The van der Waals surface area contributed by atoms with Crippen molar-refractivity contribution in [3.05, 3.63) is 28.2 Å². The van der Waals surface area contributed by atoms with Crippen LogP contribution in [0, 0.1) is 5.92 Å². The molecule has 0 radical (unpaired) electrons. The van der Waals surface area contributed by atoms with Crippen LogP contribution < -0.4 is 16.0 Å². The van der Waals surface area contributed by atoms with Crippen molar-refractivity contribution in [1.82, 2.24) is 5.43 Å². The van der Waals surface area contributed by atoms with Gasteiger partial charge in [-0.3, -0.25) is 11.3 Å². The second-order valence-electron chi connectivity index (χ2n) is 4.52. The number of methoxy groups -OCH3 is 1. The predicted molar refractivity (Wildman–Crippen MR) is 79.4 cm³/mol. The highest BCUT2D eigenvalue weighted by atomic mass is 79.9. The number of ether oxygens (including phenoxy) is 1. The van der Waals surface area contributed by atoms with Crippen LogP contribution in [0.4, 0.5) is 0 Å². The molecule has 1 atom stereocenters. The molecule has 1 rings (SSSR count). The second-order valence-corrected chi connectivity index (χ2v) is 5.44. The maximum Gasteiger partial charge on any atom is 0.124 e. The van der Waals surface area contributed by atoms with Crippen LogP contribution in [0.2, 0.25) is 0 Å². The number of nitrogens with two attached hydrogens (primary N) is 1. The SMILES string of the molecule is CCC(CC)CC(NN)c1ccc(Br)cc1OC. The maximum absolute atomic E-state index is 5.71. The zero-order valence-electron chi connectivity index (χ0n) is 11.4. The van der Waals surface area contributed by atoms with Gasteiger partial charge in [0.1, 0.15) is 5.75 Å². The van der Waals surface area contributed by atoms with Crippen molar-refractivity contribution in [1.29, 1.82) is 0 Å². The number of hydrazine groups is 1. The van der Waals surface area contributed by atoms with Crippen molar-refractivity contribution < 1.29 is 4.74 Å². The van der Waals surface area contributed by atoms with E-state index in [1.807, 2.05) is 12.1 Å². The molecule has 0 bridgehead atoms. The van der Waals surface area contributed by atoms with E-state index in [-0.39, 0.29) is 6.04 Å². The smallest absolute Gasteiger partial charge is 0.124 e. The fourth-order valence-electron chi connectivity index (χ4n) is 2.21. The van der Waals surface area contributed by atoms with Gasteiger partial charge in [0, 0.05) is 16.1 Å². The largest absolute Gasteiger partial charge is 0.496 e. The molecule has 18 heavy (non-hydrogen) atoms. The third-order valence-corrected chi connectivity index (χ3v) is 3.99. The normalized spacial score (nSPS) is 12.8. The topological polar surface area (TPSA) is 47.3 Å². The van der Waals surface area contributed by atoms with E-state index in [1.165, 1.54) is 12.8 Å². The summed E-state index contributed by atoms with van der Waals surface area (Å²) in [6.45, 7) is 4.45. The van der Waals surface area contributed by atoms with Crippen LogP contribution in [0.1, 0.15) is 44.7 Å². The minimum atomic E-state index is 0.137. The lowest BCUT2D eigenvalue weighted by atomic mass is 9.91. The first-order valence-electron chi connectivity index (χ1n) is 6.45. The minimum Gasteiger partial charge on any atom is -0.496 e. The molecule has 0 fully saturated rings. The zero-order chi connectivity index (χ0) is 13.5. The summed E-state index contributed by atoms with van der Waals surface area (Å²) in [5.41, 5.74) is 4.04. The Morgan fingerprint density at radius 2 is 2.00 bits per heavy atom. The van der Waals surface area contributed by atoms with E-state index in [0.717, 1.165) is 22.2 Å². The van der Waals surface area contributed by atoms with Crippen molar-refractivity contribution in [2.75, 3.05) is 7.11 Å². The molecule has 1 aromatic rings. The Balaban J connectivity index is 2.93. The highest BCUT2D eigenvalue weighted by Crippen LogP contribution is 2.32. The summed E-state index contributed by atoms with van der Waals surface area (Å²) < 4.78 is 6.45. The van der Waals surface area contributed by atoms with Gasteiger partial charge in [0.25, 0.3) is 0 Å². The minimum absolute atomic E-state index is 0.137. The summed E-state index contributed by atoms with van der Waals surface area (Å²) in [5, 5.41) is 0. The molecule has 0 amide bonds. The van der Waals surface area contributed by atoms with Crippen molar-refractivity contribution >= 4 is 15.9 Å². The average molecular weight is 315 g/mol. The average Bonchev–Trinajstić information content (AvgIpc) is 2.41. The molecule has 102 valence electrons. The Hall–Kier alpha value is -0.580. The lowest BCUT2D eigenvalue weighted by Crippen LogP contribution is -2.30. The molecule has 3 N–H and O–H groups in total. The van der Waals surface area contributed by atoms with Crippen LogP contribution in [-0.4, -0.2) is 7.11 Å². The van der Waals surface area contributed by atoms with Crippen molar-refractivity contribution in [3.63, 3.8) is 0 Å². The van der Waals surface area contributed by atoms with Gasteiger partial charge in [0.2, 0.25) is 0 Å². The quantitative estimate of drug-likeness (QED) is 0.594. The van der Waals surface area contributed by atoms with E-state index < -0.39 is 0 Å².